The number of carbonyl (C=O) groups excluding carboxylic acids is 1. The summed E-state index contributed by atoms with van der Waals surface area (Å²) < 4.78 is 14.0. The number of nitrogens with one attached hydrogen (secondary N) is 1. The monoisotopic (exact) mass is 310 g/mol. The Morgan fingerprint density at radius 2 is 2.19 bits per heavy atom. The second-order valence-electron chi connectivity index (χ2n) is 3.04. The molecule has 0 bridgehead atoms. The van der Waals surface area contributed by atoms with E-state index in [1.54, 1.807) is 12.1 Å². The van der Waals surface area contributed by atoms with Gasteiger partial charge in [0.2, 0.25) is 5.91 Å². The number of hydrogen-bond acceptors (Lipinski definition) is 2. The minimum Gasteiger partial charge on any atom is -0.355 e. The number of carbonyl (C=O) groups is 1. The molecule has 0 saturated carbocycles. The van der Waals surface area contributed by atoms with E-state index >= 15 is 0 Å². The summed E-state index contributed by atoms with van der Waals surface area (Å²) in [7, 11) is 0. The van der Waals surface area contributed by atoms with Crippen molar-refractivity contribution < 1.29 is 9.18 Å². The van der Waals surface area contributed by atoms with E-state index in [1.165, 1.54) is 6.07 Å². The third-order valence-corrected chi connectivity index (χ3v) is 2.40. The summed E-state index contributed by atoms with van der Waals surface area (Å²) >= 11 is 3.26. The van der Waals surface area contributed by atoms with Crippen LogP contribution in [0.1, 0.15) is 5.56 Å². The molecule has 3 N–H and O–H groups in total. The Hall–Kier alpha value is -0.650. The Kier molecular flexibility index (Phi) is 7.29. The lowest BCUT2D eigenvalue weighted by Crippen LogP contribution is -2.31. The van der Waals surface area contributed by atoms with Gasteiger partial charge in [0.05, 0.1) is 6.54 Å². The van der Waals surface area contributed by atoms with E-state index in [9.17, 15) is 9.18 Å². The molecule has 1 amide bonds. The fourth-order valence-electron chi connectivity index (χ4n) is 1.14. The van der Waals surface area contributed by atoms with Crippen molar-refractivity contribution >= 4 is 34.2 Å². The van der Waals surface area contributed by atoms with Crippen LogP contribution in [0.15, 0.2) is 22.7 Å². The lowest BCUT2D eigenvalue weighted by Gasteiger charge is -2.05. The van der Waals surface area contributed by atoms with Gasteiger partial charge < -0.3 is 11.1 Å². The molecule has 0 heterocycles. The molecule has 6 heteroatoms. The molecule has 0 aliphatic rings. The maximum Gasteiger partial charge on any atom is 0.233 e. The molecular formula is C10H13BrClFN2O. The standard InChI is InChI=1S/C10H12BrFN2O.ClH/c11-8-1-2-9(12)7(5-8)3-4-14-10(15)6-13;/h1-2,5H,3-4,6,13H2,(H,14,15);1H. The van der Waals surface area contributed by atoms with Crippen molar-refractivity contribution in [3.05, 3.63) is 34.1 Å². The fourth-order valence-corrected chi connectivity index (χ4v) is 1.55. The lowest BCUT2D eigenvalue weighted by molar-refractivity contribution is -0.119. The van der Waals surface area contributed by atoms with Gasteiger partial charge in [-0.25, -0.2) is 4.39 Å². The first-order chi connectivity index (χ1) is 7.13. The second kappa shape index (κ2) is 7.60. The maximum absolute atomic E-state index is 13.2. The van der Waals surface area contributed by atoms with Gasteiger partial charge in [0, 0.05) is 11.0 Å². The van der Waals surface area contributed by atoms with Gasteiger partial charge in [0.15, 0.2) is 0 Å². The van der Waals surface area contributed by atoms with Crippen LogP contribution in [0.5, 0.6) is 0 Å². The largest absolute Gasteiger partial charge is 0.355 e. The Bertz CT molecular complexity index is 363. The average molecular weight is 312 g/mol. The fraction of sp³-hybridized carbons (Fsp3) is 0.300. The molecule has 0 fully saturated rings. The van der Waals surface area contributed by atoms with Crippen LogP contribution in [0, 0.1) is 5.82 Å². The van der Waals surface area contributed by atoms with Gasteiger partial charge in [-0.05, 0) is 30.2 Å². The van der Waals surface area contributed by atoms with E-state index < -0.39 is 0 Å². The van der Waals surface area contributed by atoms with Gasteiger partial charge in [0.1, 0.15) is 5.82 Å². The van der Waals surface area contributed by atoms with E-state index in [0.717, 1.165) is 4.47 Å². The molecule has 0 spiro atoms. The van der Waals surface area contributed by atoms with E-state index in [2.05, 4.69) is 21.2 Å². The van der Waals surface area contributed by atoms with Crippen LogP contribution < -0.4 is 11.1 Å². The predicted molar refractivity (Wildman–Crippen MR) is 67.1 cm³/mol. The summed E-state index contributed by atoms with van der Waals surface area (Å²) in [4.78, 5) is 10.8. The van der Waals surface area contributed by atoms with E-state index in [1.807, 2.05) is 0 Å². The molecule has 1 aromatic rings. The lowest BCUT2D eigenvalue weighted by atomic mass is 10.1. The third-order valence-electron chi connectivity index (χ3n) is 1.91. The number of halogens is 3. The molecule has 1 rings (SSSR count). The molecular weight excluding hydrogens is 298 g/mol. The van der Waals surface area contributed by atoms with Crippen molar-refractivity contribution in [3.63, 3.8) is 0 Å². The van der Waals surface area contributed by atoms with Gasteiger partial charge in [-0.1, -0.05) is 15.9 Å². The minimum atomic E-state index is -0.264. The maximum atomic E-state index is 13.2. The topological polar surface area (TPSA) is 55.1 Å². The van der Waals surface area contributed by atoms with Crippen LogP contribution >= 0.6 is 28.3 Å². The molecule has 0 atom stereocenters. The Labute approximate surface area is 108 Å². The molecule has 0 aromatic heterocycles. The van der Waals surface area contributed by atoms with Crippen LogP contribution in [0.4, 0.5) is 4.39 Å². The number of hydrogen-bond donors (Lipinski definition) is 2. The first-order valence-electron chi connectivity index (χ1n) is 4.54. The molecule has 0 radical (unpaired) electrons. The smallest absolute Gasteiger partial charge is 0.233 e. The van der Waals surface area contributed by atoms with Crippen molar-refractivity contribution in [2.75, 3.05) is 13.1 Å². The van der Waals surface area contributed by atoms with E-state index in [-0.39, 0.29) is 30.7 Å². The highest BCUT2D eigenvalue weighted by molar-refractivity contribution is 9.10. The molecule has 16 heavy (non-hydrogen) atoms. The van der Waals surface area contributed by atoms with Crippen LogP contribution in [-0.4, -0.2) is 19.0 Å². The zero-order chi connectivity index (χ0) is 11.3. The predicted octanol–water partition coefficient (Wildman–Crippen LogP) is 1.63. The van der Waals surface area contributed by atoms with E-state index in [4.69, 9.17) is 5.73 Å². The number of nitrogens with two attached hydrogens (primary N) is 1. The zero-order valence-electron chi connectivity index (χ0n) is 8.50. The van der Waals surface area contributed by atoms with Gasteiger partial charge in [-0.3, -0.25) is 4.79 Å². The first kappa shape index (κ1) is 15.3. The SMILES string of the molecule is Cl.NCC(=O)NCCc1cc(Br)ccc1F. The highest BCUT2D eigenvalue weighted by atomic mass is 79.9. The van der Waals surface area contributed by atoms with Crippen LogP contribution in [-0.2, 0) is 11.2 Å². The van der Waals surface area contributed by atoms with Gasteiger partial charge in [-0.15, -0.1) is 12.4 Å². The molecule has 0 unspecified atom stereocenters. The summed E-state index contributed by atoms with van der Waals surface area (Å²) in [6.45, 7) is 0.352. The molecule has 3 nitrogen and oxygen atoms in total. The highest BCUT2D eigenvalue weighted by Crippen LogP contribution is 2.15. The normalized spacial score (nSPS) is 9.44. The number of rotatable bonds is 4. The Balaban J connectivity index is 0.00000225. The van der Waals surface area contributed by atoms with Crippen LogP contribution in [0.2, 0.25) is 0 Å². The van der Waals surface area contributed by atoms with Crippen molar-refractivity contribution in [1.29, 1.82) is 0 Å². The van der Waals surface area contributed by atoms with Crippen LogP contribution in [0.3, 0.4) is 0 Å². The molecule has 0 saturated heterocycles. The van der Waals surface area contributed by atoms with Crippen molar-refractivity contribution in [2.45, 2.75) is 6.42 Å². The van der Waals surface area contributed by atoms with Gasteiger partial charge in [-0.2, -0.15) is 0 Å². The highest BCUT2D eigenvalue weighted by Gasteiger charge is 2.03. The summed E-state index contributed by atoms with van der Waals surface area (Å²) in [5.74, 6) is -0.495. The average Bonchev–Trinajstić information content (AvgIpc) is 2.23. The minimum absolute atomic E-state index is 0. The first-order valence-corrected chi connectivity index (χ1v) is 5.33. The van der Waals surface area contributed by atoms with E-state index in [0.29, 0.717) is 18.5 Å². The molecule has 0 aliphatic heterocycles. The quantitative estimate of drug-likeness (QED) is 0.888. The Morgan fingerprint density at radius 1 is 1.50 bits per heavy atom. The molecule has 0 aliphatic carbocycles. The van der Waals surface area contributed by atoms with Crippen molar-refractivity contribution in [3.8, 4) is 0 Å². The van der Waals surface area contributed by atoms with Crippen LogP contribution in [0.25, 0.3) is 0 Å². The summed E-state index contributed by atoms with van der Waals surface area (Å²) in [5.41, 5.74) is 5.68. The van der Waals surface area contributed by atoms with Gasteiger partial charge in [0.25, 0.3) is 0 Å². The van der Waals surface area contributed by atoms with Gasteiger partial charge >= 0.3 is 0 Å². The summed E-state index contributed by atoms with van der Waals surface area (Å²) in [6.07, 6.45) is 0.455. The van der Waals surface area contributed by atoms with Crippen molar-refractivity contribution in [1.82, 2.24) is 5.32 Å². The summed E-state index contributed by atoms with van der Waals surface area (Å²) in [5, 5.41) is 2.58. The third kappa shape index (κ3) is 4.92. The molecule has 1 aromatic carbocycles. The zero-order valence-corrected chi connectivity index (χ0v) is 10.9. The number of amides is 1. The molecule has 90 valence electrons. The number of benzene rings is 1. The summed E-state index contributed by atoms with van der Waals surface area (Å²) in [6, 6.07) is 4.73. The van der Waals surface area contributed by atoms with Crippen molar-refractivity contribution in [2.24, 2.45) is 5.73 Å². The Morgan fingerprint density at radius 3 is 2.81 bits per heavy atom. The second-order valence-corrected chi connectivity index (χ2v) is 3.96.